The lowest BCUT2D eigenvalue weighted by atomic mass is 9.87. The van der Waals surface area contributed by atoms with Gasteiger partial charge in [-0.25, -0.2) is 4.68 Å². The fraction of sp³-hybridized carbons (Fsp3) is 0.857. The molecule has 6 nitrogen and oxygen atoms in total. The summed E-state index contributed by atoms with van der Waals surface area (Å²) in [5.41, 5.74) is -0.811. The van der Waals surface area contributed by atoms with Gasteiger partial charge in [0.2, 0.25) is 0 Å². The van der Waals surface area contributed by atoms with Crippen molar-refractivity contribution >= 4 is 5.97 Å². The Hall–Kier alpha value is -1.46. The number of rotatable bonds is 5. The molecule has 0 radical (unpaired) electrons. The van der Waals surface area contributed by atoms with E-state index in [9.17, 15) is 9.90 Å². The molecule has 1 aromatic rings. The predicted molar refractivity (Wildman–Crippen MR) is 74.3 cm³/mol. The van der Waals surface area contributed by atoms with Gasteiger partial charge in [-0.2, -0.15) is 0 Å². The van der Waals surface area contributed by atoms with E-state index in [1.165, 1.54) is 25.7 Å². The number of aliphatic carboxylic acids is 1. The van der Waals surface area contributed by atoms with Gasteiger partial charge in [-0.15, -0.1) is 5.10 Å². The Morgan fingerprint density at radius 1 is 1.35 bits per heavy atom. The van der Waals surface area contributed by atoms with E-state index in [0.717, 1.165) is 18.7 Å². The Kier molecular flexibility index (Phi) is 4.73. The molecule has 0 spiro atoms. The highest BCUT2D eigenvalue weighted by Crippen LogP contribution is 2.31. The molecule has 1 unspecified atom stereocenters. The molecule has 0 bridgehead atoms. The minimum absolute atomic E-state index is 0.345. The van der Waals surface area contributed by atoms with Crippen LogP contribution in [0, 0.1) is 5.41 Å². The topological polar surface area (TPSA) is 80.9 Å². The van der Waals surface area contributed by atoms with E-state index in [0.29, 0.717) is 18.9 Å². The summed E-state index contributed by atoms with van der Waals surface area (Å²) in [7, 11) is 0. The first kappa shape index (κ1) is 14.9. The molecular weight excluding hydrogens is 256 g/mol. The number of hydrogen-bond acceptors (Lipinski definition) is 4. The van der Waals surface area contributed by atoms with Gasteiger partial charge in [0, 0.05) is 5.92 Å². The van der Waals surface area contributed by atoms with E-state index in [1.54, 1.807) is 11.6 Å². The van der Waals surface area contributed by atoms with E-state index in [-0.39, 0.29) is 0 Å². The Bertz CT molecular complexity index is 452. The van der Waals surface area contributed by atoms with Crippen molar-refractivity contribution < 1.29 is 9.90 Å². The Labute approximate surface area is 119 Å². The van der Waals surface area contributed by atoms with Gasteiger partial charge in [-0.3, -0.25) is 4.79 Å². The molecule has 2 rings (SSSR count). The SMILES string of the molecule is CCC(C)(Cn1nnnc1C1CCCCCC1)C(=O)O. The summed E-state index contributed by atoms with van der Waals surface area (Å²) < 4.78 is 1.72. The molecule has 1 aliphatic rings. The van der Waals surface area contributed by atoms with Crippen LogP contribution in [0.2, 0.25) is 0 Å². The summed E-state index contributed by atoms with van der Waals surface area (Å²) in [6.07, 6.45) is 7.75. The summed E-state index contributed by atoms with van der Waals surface area (Å²) in [5, 5.41) is 21.4. The Balaban J connectivity index is 2.17. The van der Waals surface area contributed by atoms with E-state index < -0.39 is 11.4 Å². The number of hydrogen-bond donors (Lipinski definition) is 1. The Morgan fingerprint density at radius 3 is 2.55 bits per heavy atom. The molecule has 1 aromatic heterocycles. The highest BCUT2D eigenvalue weighted by atomic mass is 16.4. The van der Waals surface area contributed by atoms with E-state index >= 15 is 0 Å². The van der Waals surface area contributed by atoms with Gasteiger partial charge >= 0.3 is 5.97 Å². The maximum absolute atomic E-state index is 11.4. The zero-order chi connectivity index (χ0) is 14.6. The predicted octanol–water partition coefficient (Wildman–Crippen LogP) is 2.61. The first-order chi connectivity index (χ1) is 9.57. The molecule has 20 heavy (non-hydrogen) atoms. The lowest BCUT2D eigenvalue weighted by Crippen LogP contribution is -2.33. The van der Waals surface area contributed by atoms with Crippen LogP contribution in [0.4, 0.5) is 0 Å². The summed E-state index contributed by atoms with van der Waals surface area (Å²) >= 11 is 0. The summed E-state index contributed by atoms with van der Waals surface area (Å²) in [4.78, 5) is 11.4. The summed E-state index contributed by atoms with van der Waals surface area (Å²) in [5.74, 6) is 0.456. The number of tetrazole rings is 1. The highest BCUT2D eigenvalue weighted by molar-refractivity contribution is 5.73. The molecule has 0 aliphatic heterocycles. The smallest absolute Gasteiger partial charge is 0.311 e. The van der Waals surface area contributed by atoms with Crippen LogP contribution in [0.25, 0.3) is 0 Å². The van der Waals surface area contributed by atoms with Crippen molar-refractivity contribution in [3.8, 4) is 0 Å². The van der Waals surface area contributed by atoms with Crippen LogP contribution in [-0.4, -0.2) is 31.3 Å². The second kappa shape index (κ2) is 6.33. The van der Waals surface area contributed by atoms with Crippen LogP contribution >= 0.6 is 0 Å². The first-order valence-corrected chi connectivity index (χ1v) is 7.56. The van der Waals surface area contributed by atoms with E-state index in [1.807, 2.05) is 6.92 Å². The molecule has 1 fully saturated rings. The maximum Gasteiger partial charge on any atom is 0.311 e. The monoisotopic (exact) mass is 280 g/mol. The third-order valence-corrected chi connectivity index (χ3v) is 4.58. The molecule has 0 amide bonds. The lowest BCUT2D eigenvalue weighted by molar-refractivity contribution is -0.149. The minimum Gasteiger partial charge on any atom is -0.481 e. The van der Waals surface area contributed by atoms with Crippen molar-refractivity contribution in [2.45, 2.75) is 71.3 Å². The third-order valence-electron chi connectivity index (χ3n) is 4.58. The van der Waals surface area contributed by atoms with Crippen molar-refractivity contribution in [1.82, 2.24) is 20.2 Å². The average Bonchev–Trinajstić information content (AvgIpc) is 2.72. The summed E-state index contributed by atoms with van der Waals surface area (Å²) in [6, 6.07) is 0. The van der Waals surface area contributed by atoms with Crippen molar-refractivity contribution in [2.24, 2.45) is 5.41 Å². The van der Waals surface area contributed by atoms with E-state index in [2.05, 4.69) is 15.5 Å². The van der Waals surface area contributed by atoms with E-state index in [4.69, 9.17) is 0 Å². The largest absolute Gasteiger partial charge is 0.481 e. The van der Waals surface area contributed by atoms with Gasteiger partial charge in [0.1, 0.15) is 0 Å². The van der Waals surface area contributed by atoms with Crippen LogP contribution in [0.15, 0.2) is 0 Å². The van der Waals surface area contributed by atoms with Crippen LogP contribution in [0.1, 0.15) is 70.5 Å². The fourth-order valence-electron chi connectivity index (χ4n) is 2.82. The van der Waals surface area contributed by atoms with Crippen molar-refractivity contribution in [3.05, 3.63) is 5.82 Å². The van der Waals surface area contributed by atoms with Crippen molar-refractivity contribution in [3.63, 3.8) is 0 Å². The standard InChI is InChI=1S/C14H24N4O2/c1-3-14(2,13(19)20)10-18-12(15-16-17-18)11-8-6-4-5-7-9-11/h11H,3-10H2,1-2H3,(H,19,20). The van der Waals surface area contributed by atoms with Gasteiger partial charge in [-0.1, -0.05) is 32.6 Å². The number of carbonyl (C=O) groups is 1. The van der Waals surface area contributed by atoms with Gasteiger partial charge in [0.25, 0.3) is 0 Å². The van der Waals surface area contributed by atoms with Gasteiger partial charge < -0.3 is 5.11 Å². The van der Waals surface area contributed by atoms with Crippen LogP contribution in [0.5, 0.6) is 0 Å². The molecule has 112 valence electrons. The molecular formula is C14H24N4O2. The fourth-order valence-corrected chi connectivity index (χ4v) is 2.82. The molecule has 1 saturated carbocycles. The molecule has 0 saturated heterocycles. The molecule has 1 heterocycles. The third kappa shape index (κ3) is 3.16. The molecule has 0 aromatic carbocycles. The normalized spacial score (nSPS) is 20.3. The molecule has 1 atom stereocenters. The van der Waals surface area contributed by atoms with Crippen molar-refractivity contribution in [1.29, 1.82) is 0 Å². The minimum atomic E-state index is -0.811. The van der Waals surface area contributed by atoms with Gasteiger partial charge in [0.05, 0.1) is 12.0 Å². The number of aromatic nitrogens is 4. The second-order valence-corrected chi connectivity index (χ2v) is 6.10. The van der Waals surface area contributed by atoms with Gasteiger partial charge in [0.15, 0.2) is 5.82 Å². The molecule has 1 N–H and O–H groups in total. The van der Waals surface area contributed by atoms with Crippen molar-refractivity contribution in [2.75, 3.05) is 0 Å². The number of carboxylic acid groups (broad SMARTS) is 1. The second-order valence-electron chi connectivity index (χ2n) is 6.10. The highest BCUT2D eigenvalue weighted by Gasteiger charge is 2.34. The molecule has 1 aliphatic carbocycles. The lowest BCUT2D eigenvalue weighted by Gasteiger charge is -2.24. The van der Waals surface area contributed by atoms with Crippen LogP contribution in [0.3, 0.4) is 0 Å². The van der Waals surface area contributed by atoms with Crippen LogP contribution in [-0.2, 0) is 11.3 Å². The zero-order valence-corrected chi connectivity index (χ0v) is 12.4. The maximum atomic E-state index is 11.4. The zero-order valence-electron chi connectivity index (χ0n) is 12.4. The summed E-state index contributed by atoms with van der Waals surface area (Å²) in [6.45, 7) is 4.00. The number of nitrogens with zero attached hydrogens (tertiary/aromatic N) is 4. The average molecular weight is 280 g/mol. The van der Waals surface area contributed by atoms with Gasteiger partial charge in [-0.05, 0) is 36.6 Å². The first-order valence-electron chi connectivity index (χ1n) is 7.56. The van der Waals surface area contributed by atoms with Crippen LogP contribution < -0.4 is 0 Å². The molecule has 6 heteroatoms. The number of carboxylic acids is 1. The Morgan fingerprint density at radius 2 is 2.00 bits per heavy atom. The quantitative estimate of drug-likeness (QED) is 0.838.